The van der Waals surface area contributed by atoms with E-state index in [4.69, 9.17) is 0 Å². The van der Waals surface area contributed by atoms with Crippen molar-refractivity contribution >= 4 is 5.97 Å². The van der Waals surface area contributed by atoms with Gasteiger partial charge in [0, 0.05) is 11.3 Å². The number of methoxy groups -OCH3 is 1. The van der Waals surface area contributed by atoms with E-state index in [1.54, 1.807) is 18.5 Å². The molecule has 0 amide bonds. The zero-order chi connectivity index (χ0) is 17.2. The molecule has 5 nitrogen and oxygen atoms in total. The minimum Gasteiger partial charge on any atom is -0.469 e. The molecule has 0 aliphatic carbocycles. The number of nitrogens with zero attached hydrogens (tertiary/aromatic N) is 2. The molecule has 0 spiro atoms. The van der Waals surface area contributed by atoms with Gasteiger partial charge in [0.25, 0.3) is 0 Å². The van der Waals surface area contributed by atoms with Gasteiger partial charge < -0.3 is 9.47 Å². The smallest absolute Gasteiger partial charge is 0.469 e. The van der Waals surface area contributed by atoms with Crippen molar-refractivity contribution in [3.63, 3.8) is 0 Å². The molecule has 0 atom stereocenters. The van der Waals surface area contributed by atoms with E-state index in [9.17, 15) is 18.0 Å². The fraction of sp³-hybridized carbons (Fsp3) is 0.333. The Hall–Kier alpha value is -2.51. The van der Waals surface area contributed by atoms with Gasteiger partial charge in [-0.1, -0.05) is 0 Å². The average Bonchev–Trinajstić information content (AvgIpc) is 2.74. The van der Waals surface area contributed by atoms with Gasteiger partial charge in [-0.05, 0) is 38.1 Å². The maximum Gasteiger partial charge on any atom is 0.573 e. The van der Waals surface area contributed by atoms with E-state index in [-0.39, 0.29) is 18.1 Å². The normalized spacial score (nSPS) is 11.4. The van der Waals surface area contributed by atoms with Crippen LogP contribution in [0, 0.1) is 13.8 Å². The van der Waals surface area contributed by atoms with Crippen LogP contribution >= 0.6 is 0 Å². The van der Waals surface area contributed by atoms with Crippen molar-refractivity contribution < 1.29 is 27.4 Å². The van der Waals surface area contributed by atoms with E-state index in [1.807, 2.05) is 0 Å². The number of hydrogen-bond acceptors (Lipinski definition) is 4. The van der Waals surface area contributed by atoms with Gasteiger partial charge in [0.2, 0.25) is 0 Å². The summed E-state index contributed by atoms with van der Waals surface area (Å²) in [4.78, 5) is 11.4. The molecule has 0 bridgehead atoms. The first-order valence-corrected chi connectivity index (χ1v) is 6.69. The first-order chi connectivity index (χ1) is 10.7. The molecule has 0 N–H and O–H groups in total. The minimum atomic E-state index is -4.73. The summed E-state index contributed by atoms with van der Waals surface area (Å²) < 4.78 is 46.5. The molecule has 0 saturated carbocycles. The van der Waals surface area contributed by atoms with Crippen molar-refractivity contribution in [3.8, 4) is 11.4 Å². The zero-order valence-corrected chi connectivity index (χ0v) is 12.8. The van der Waals surface area contributed by atoms with Crippen LogP contribution in [0.1, 0.15) is 17.0 Å². The van der Waals surface area contributed by atoms with Crippen LogP contribution < -0.4 is 4.74 Å². The van der Waals surface area contributed by atoms with Crippen molar-refractivity contribution in [2.45, 2.75) is 26.6 Å². The number of rotatable bonds is 4. The van der Waals surface area contributed by atoms with E-state index in [0.29, 0.717) is 11.4 Å². The lowest BCUT2D eigenvalue weighted by molar-refractivity contribution is -0.274. The second-order valence-electron chi connectivity index (χ2n) is 4.86. The van der Waals surface area contributed by atoms with Crippen LogP contribution in [0.25, 0.3) is 5.69 Å². The number of aromatic nitrogens is 2. The summed E-state index contributed by atoms with van der Waals surface area (Å²) in [6.45, 7) is 3.53. The van der Waals surface area contributed by atoms with Crippen molar-refractivity contribution in [1.29, 1.82) is 0 Å². The molecule has 1 heterocycles. The number of carbonyl (C=O) groups is 1. The molecular weight excluding hydrogens is 313 g/mol. The SMILES string of the molecule is COC(=O)Cc1c(C)nn(-c2ccc(OC(F)(F)F)cc2)c1C. The van der Waals surface area contributed by atoms with E-state index in [2.05, 4.69) is 14.6 Å². The molecule has 0 aliphatic heterocycles. The molecule has 23 heavy (non-hydrogen) atoms. The van der Waals surface area contributed by atoms with Crippen LogP contribution in [0.2, 0.25) is 0 Å². The second kappa shape index (κ2) is 6.31. The van der Waals surface area contributed by atoms with Crippen LogP contribution in [0.5, 0.6) is 5.75 Å². The summed E-state index contributed by atoms with van der Waals surface area (Å²) >= 11 is 0. The topological polar surface area (TPSA) is 53.3 Å². The fourth-order valence-electron chi connectivity index (χ4n) is 2.19. The molecule has 0 saturated heterocycles. The van der Waals surface area contributed by atoms with Crippen molar-refractivity contribution in [1.82, 2.24) is 9.78 Å². The number of aryl methyl sites for hydroxylation is 1. The highest BCUT2D eigenvalue weighted by Gasteiger charge is 2.31. The molecule has 1 aromatic heterocycles. The van der Waals surface area contributed by atoms with Gasteiger partial charge >= 0.3 is 12.3 Å². The summed E-state index contributed by atoms with van der Waals surface area (Å²) in [6.07, 6.45) is -4.64. The summed E-state index contributed by atoms with van der Waals surface area (Å²) in [5.74, 6) is -0.692. The number of carbonyl (C=O) groups excluding carboxylic acids is 1. The van der Waals surface area contributed by atoms with Crippen LogP contribution in [-0.2, 0) is 16.0 Å². The van der Waals surface area contributed by atoms with Crippen molar-refractivity contribution in [2.24, 2.45) is 0 Å². The third-order valence-corrected chi connectivity index (χ3v) is 3.30. The number of hydrogen-bond donors (Lipinski definition) is 0. The second-order valence-corrected chi connectivity index (χ2v) is 4.86. The van der Waals surface area contributed by atoms with Gasteiger partial charge in [-0.3, -0.25) is 4.79 Å². The Morgan fingerprint density at radius 2 is 1.83 bits per heavy atom. The summed E-state index contributed by atoms with van der Waals surface area (Å²) in [6, 6.07) is 5.34. The Balaban J connectivity index is 2.29. The molecule has 124 valence electrons. The van der Waals surface area contributed by atoms with Gasteiger partial charge in [0.1, 0.15) is 5.75 Å². The molecule has 0 radical (unpaired) electrons. The molecule has 0 fully saturated rings. The number of esters is 1. The van der Waals surface area contributed by atoms with E-state index < -0.39 is 6.36 Å². The van der Waals surface area contributed by atoms with E-state index >= 15 is 0 Å². The Morgan fingerprint density at radius 3 is 2.35 bits per heavy atom. The first kappa shape index (κ1) is 16.9. The summed E-state index contributed by atoms with van der Waals surface area (Å²) in [5.41, 5.74) is 2.67. The highest BCUT2D eigenvalue weighted by atomic mass is 19.4. The predicted octanol–water partition coefficient (Wildman–Crippen LogP) is 3.10. The molecular formula is C15H15F3N2O3. The van der Waals surface area contributed by atoms with Gasteiger partial charge in [0.15, 0.2) is 0 Å². The van der Waals surface area contributed by atoms with Crippen molar-refractivity contribution in [3.05, 3.63) is 41.2 Å². The third-order valence-electron chi connectivity index (χ3n) is 3.30. The highest BCUT2D eigenvalue weighted by molar-refractivity contribution is 5.73. The van der Waals surface area contributed by atoms with Gasteiger partial charge in [-0.2, -0.15) is 5.10 Å². The van der Waals surface area contributed by atoms with Crippen LogP contribution in [0.3, 0.4) is 0 Å². The Labute approximate surface area is 130 Å². The van der Waals surface area contributed by atoms with E-state index in [0.717, 1.165) is 11.3 Å². The van der Waals surface area contributed by atoms with Gasteiger partial charge in [-0.15, -0.1) is 13.2 Å². The molecule has 0 aliphatic rings. The van der Waals surface area contributed by atoms with E-state index in [1.165, 1.54) is 31.4 Å². The monoisotopic (exact) mass is 328 g/mol. The number of halogens is 3. The lowest BCUT2D eigenvalue weighted by Crippen LogP contribution is -2.17. The number of benzene rings is 1. The largest absolute Gasteiger partial charge is 0.573 e. The molecule has 0 unspecified atom stereocenters. The standard InChI is InChI=1S/C15H15F3N2O3/c1-9-13(8-14(21)22-3)10(2)20(19-9)11-4-6-12(7-5-11)23-15(16,17)18/h4-7H,8H2,1-3H3. The molecule has 2 rings (SSSR count). The highest BCUT2D eigenvalue weighted by Crippen LogP contribution is 2.25. The molecule has 8 heteroatoms. The maximum atomic E-state index is 12.2. The predicted molar refractivity (Wildman–Crippen MR) is 75.4 cm³/mol. The first-order valence-electron chi connectivity index (χ1n) is 6.69. The van der Waals surface area contributed by atoms with Crippen LogP contribution in [-0.4, -0.2) is 29.2 Å². The quantitative estimate of drug-likeness (QED) is 0.809. The Kier molecular flexibility index (Phi) is 4.63. The molecule has 2 aromatic rings. The minimum absolute atomic E-state index is 0.0867. The zero-order valence-electron chi connectivity index (χ0n) is 12.8. The van der Waals surface area contributed by atoms with Crippen LogP contribution in [0.4, 0.5) is 13.2 Å². The Bertz CT molecular complexity index is 706. The Morgan fingerprint density at radius 1 is 1.22 bits per heavy atom. The lowest BCUT2D eigenvalue weighted by atomic mass is 10.1. The molecule has 1 aromatic carbocycles. The summed E-state index contributed by atoms with van der Waals surface area (Å²) in [7, 11) is 1.30. The lowest BCUT2D eigenvalue weighted by Gasteiger charge is -2.10. The van der Waals surface area contributed by atoms with Crippen LogP contribution in [0.15, 0.2) is 24.3 Å². The number of alkyl halides is 3. The number of ether oxygens (including phenoxy) is 2. The van der Waals surface area contributed by atoms with Gasteiger partial charge in [0.05, 0.1) is 24.9 Å². The third kappa shape index (κ3) is 4.02. The summed E-state index contributed by atoms with van der Waals surface area (Å²) in [5, 5.41) is 4.32. The van der Waals surface area contributed by atoms with Gasteiger partial charge in [-0.25, -0.2) is 4.68 Å². The maximum absolute atomic E-state index is 12.2. The average molecular weight is 328 g/mol. The fourth-order valence-corrected chi connectivity index (χ4v) is 2.19. The van der Waals surface area contributed by atoms with Crippen molar-refractivity contribution in [2.75, 3.05) is 7.11 Å².